The average Bonchev–Trinajstić information content (AvgIpc) is 2.80. The van der Waals surface area contributed by atoms with E-state index < -0.39 is 23.4 Å². The van der Waals surface area contributed by atoms with E-state index in [4.69, 9.17) is 8.60 Å². The number of rotatable bonds is 8. The molecule has 0 bridgehead atoms. The molecule has 1 unspecified atom stereocenters. The molecule has 4 nitrogen and oxygen atoms in total. The van der Waals surface area contributed by atoms with Crippen molar-refractivity contribution < 1.29 is 12.8 Å². The van der Waals surface area contributed by atoms with Crippen molar-refractivity contribution in [1.29, 1.82) is 0 Å². The van der Waals surface area contributed by atoms with Gasteiger partial charge in [-0.2, -0.15) is 0 Å². The van der Waals surface area contributed by atoms with E-state index in [0.29, 0.717) is 12.2 Å². The fraction of sp³-hybridized carbons (Fsp3) is 0.0800. The summed E-state index contributed by atoms with van der Waals surface area (Å²) in [5.74, 6) is 0.768. The van der Waals surface area contributed by atoms with Gasteiger partial charge < -0.3 is 8.60 Å². The summed E-state index contributed by atoms with van der Waals surface area (Å²) in [4.78, 5) is 12.1. The summed E-state index contributed by atoms with van der Waals surface area (Å²) in [6.45, 7) is 0. The van der Waals surface area contributed by atoms with Crippen LogP contribution < -0.4 is 20.4 Å². The first-order valence-electron chi connectivity index (χ1n) is 9.87. The minimum Gasteiger partial charge on any atom is -0.428 e. The molecule has 0 aliphatic carbocycles. The molecular formula is C25H21O4PS. The Morgan fingerprint density at radius 3 is 1.87 bits per heavy atom. The van der Waals surface area contributed by atoms with Gasteiger partial charge in [-0.05, 0) is 22.6 Å². The van der Waals surface area contributed by atoms with Crippen LogP contribution in [0.3, 0.4) is 0 Å². The Morgan fingerprint density at radius 2 is 1.29 bits per heavy atom. The van der Waals surface area contributed by atoms with E-state index >= 15 is 0 Å². The predicted octanol–water partition coefficient (Wildman–Crippen LogP) is 4.52. The summed E-state index contributed by atoms with van der Waals surface area (Å²) < 4.78 is 24.4. The van der Waals surface area contributed by atoms with Gasteiger partial charge in [0.15, 0.2) is 5.75 Å². The monoisotopic (exact) mass is 448 g/mol. The van der Waals surface area contributed by atoms with Gasteiger partial charge in [-0.15, -0.1) is 0 Å². The summed E-state index contributed by atoms with van der Waals surface area (Å²) in [6, 6.07) is 32.2. The van der Waals surface area contributed by atoms with Gasteiger partial charge in [0.25, 0.3) is 0 Å². The number of hydrogen-bond acceptors (Lipinski definition) is 4. The summed E-state index contributed by atoms with van der Waals surface area (Å²) in [6.07, 6.45) is 1.28. The van der Waals surface area contributed by atoms with E-state index in [-0.39, 0.29) is 5.75 Å². The molecule has 0 saturated heterocycles. The van der Waals surface area contributed by atoms with E-state index in [1.807, 2.05) is 91.0 Å². The Kier molecular flexibility index (Phi) is 7.08. The van der Waals surface area contributed by atoms with Gasteiger partial charge in [0.1, 0.15) is 5.76 Å². The van der Waals surface area contributed by atoms with Gasteiger partial charge in [-0.25, -0.2) is 9.00 Å². The van der Waals surface area contributed by atoms with Crippen LogP contribution in [0.5, 0.6) is 5.75 Å². The Balaban J connectivity index is 1.56. The summed E-state index contributed by atoms with van der Waals surface area (Å²) in [5, 5.41) is 1.88. The number of benzene rings is 3. The van der Waals surface area contributed by atoms with Crippen LogP contribution in [0.2, 0.25) is 0 Å². The van der Waals surface area contributed by atoms with Crippen LogP contribution in [0, 0.1) is 0 Å². The van der Waals surface area contributed by atoms with E-state index in [1.54, 1.807) is 6.07 Å². The van der Waals surface area contributed by atoms with Crippen molar-refractivity contribution in [2.24, 2.45) is 0 Å². The second kappa shape index (κ2) is 10.3. The van der Waals surface area contributed by atoms with Gasteiger partial charge in [-0.3, -0.25) is 0 Å². The fourth-order valence-electron chi connectivity index (χ4n) is 3.16. The molecule has 6 heteroatoms. The second-order valence-electron chi connectivity index (χ2n) is 6.83. The Hall–Kier alpha value is -3.01. The third kappa shape index (κ3) is 5.78. The van der Waals surface area contributed by atoms with Crippen LogP contribution in [0.1, 0.15) is 11.3 Å². The van der Waals surface area contributed by atoms with Crippen LogP contribution in [0.25, 0.3) is 0 Å². The second-order valence-corrected chi connectivity index (χ2v) is 11.0. The lowest BCUT2D eigenvalue weighted by atomic mass is 10.1. The maximum absolute atomic E-state index is 13.3. The lowest BCUT2D eigenvalue weighted by molar-refractivity contribution is 0.448. The van der Waals surface area contributed by atoms with Crippen molar-refractivity contribution in [2.45, 2.75) is 12.8 Å². The molecule has 4 rings (SSSR count). The summed E-state index contributed by atoms with van der Waals surface area (Å²) >= 11 is 0. The topological polar surface area (TPSA) is 56.5 Å². The molecule has 0 fully saturated rings. The minimum absolute atomic E-state index is 0.261. The van der Waals surface area contributed by atoms with Crippen LogP contribution in [0.4, 0.5) is 0 Å². The lowest BCUT2D eigenvalue weighted by Gasteiger charge is -2.17. The van der Waals surface area contributed by atoms with Crippen molar-refractivity contribution in [2.75, 3.05) is 0 Å². The molecule has 0 aliphatic rings. The molecule has 0 spiro atoms. The smallest absolute Gasteiger partial charge is 0.339 e. The molecule has 31 heavy (non-hydrogen) atoms. The molecule has 0 amide bonds. The fourth-order valence-corrected chi connectivity index (χ4v) is 7.26. The maximum atomic E-state index is 13.3. The third-order valence-corrected chi connectivity index (χ3v) is 9.15. The number of aryl methyl sites for hydroxylation is 2. The van der Waals surface area contributed by atoms with Gasteiger partial charge >= 0.3 is 5.63 Å². The average molecular weight is 448 g/mol. The molecule has 3 aromatic carbocycles. The van der Waals surface area contributed by atoms with E-state index in [1.165, 1.54) is 6.07 Å². The Labute approximate surface area is 184 Å². The first-order chi connectivity index (χ1) is 15.2. The number of hydrogen-bond donors (Lipinski definition) is 0. The molecule has 0 N–H and O–H groups in total. The molecule has 0 saturated carbocycles. The summed E-state index contributed by atoms with van der Waals surface area (Å²) in [5.41, 5.74) is 0.637. The van der Waals surface area contributed by atoms with Crippen molar-refractivity contribution >= 4 is 28.4 Å². The highest BCUT2D eigenvalue weighted by Gasteiger charge is 2.24. The van der Waals surface area contributed by atoms with Gasteiger partial charge in [0, 0.05) is 12.5 Å². The molecular weight excluding hydrogens is 427 g/mol. The predicted molar refractivity (Wildman–Crippen MR) is 127 cm³/mol. The van der Waals surface area contributed by atoms with Crippen molar-refractivity contribution in [1.82, 2.24) is 0 Å². The molecule has 0 aliphatic heterocycles. The van der Waals surface area contributed by atoms with E-state index in [2.05, 4.69) is 0 Å². The molecule has 1 aromatic heterocycles. The highest BCUT2D eigenvalue weighted by Crippen LogP contribution is 2.39. The van der Waals surface area contributed by atoms with Crippen LogP contribution in [-0.2, 0) is 23.5 Å². The van der Waals surface area contributed by atoms with Gasteiger partial charge in [0.05, 0.1) is 13.2 Å². The first-order valence-corrected chi connectivity index (χ1v) is 12.9. The van der Waals surface area contributed by atoms with Crippen molar-refractivity contribution in [3.63, 3.8) is 0 Å². The summed E-state index contributed by atoms with van der Waals surface area (Å²) in [7, 11) is -2.96. The molecule has 4 aromatic rings. The molecule has 0 radical (unpaired) electrons. The van der Waals surface area contributed by atoms with Crippen molar-refractivity contribution in [3.8, 4) is 5.75 Å². The molecule has 1 heterocycles. The van der Waals surface area contributed by atoms with Crippen LogP contribution in [-0.4, -0.2) is 4.21 Å². The lowest BCUT2D eigenvalue weighted by Crippen LogP contribution is -2.18. The van der Waals surface area contributed by atoms with Crippen LogP contribution in [0.15, 0.2) is 112 Å². The van der Waals surface area contributed by atoms with Gasteiger partial charge in [-0.1, -0.05) is 91.0 Å². The van der Waals surface area contributed by atoms with Gasteiger partial charge in [0.2, 0.25) is 10.7 Å². The quantitative estimate of drug-likeness (QED) is 0.372. The van der Waals surface area contributed by atoms with Crippen molar-refractivity contribution in [3.05, 3.63) is 125 Å². The van der Waals surface area contributed by atoms with E-state index in [0.717, 1.165) is 22.6 Å². The Bertz CT molecular complexity index is 1150. The largest absolute Gasteiger partial charge is 0.428 e. The maximum Gasteiger partial charge on any atom is 0.339 e. The zero-order chi connectivity index (χ0) is 21.5. The Morgan fingerprint density at radius 1 is 0.742 bits per heavy atom. The zero-order valence-corrected chi connectivity index (χ0v) is 18.4. The zero-order valence-electron chi connectivity index (χ0n) is 16.7. The molecule has 156 valence electrons. The highest BCUT2D eigenvalue weighted by atomic mass is 32.8. The van der Waals surface area contributed by atoms with E-state index in [9.17, 15) is 9.00 Å². The normalized spacial score (nSPS) is 11.9. The highest BCUT2D eigenvalue weighted by molar-refractivity contribution is 8.49. The molecule has 1 atom stereocenters. The SMILES string of the molecule is O=c1cc(OS(=O)P(c2ccccc2)c2ccccc2)cc(CCc2ccccc2)o1. The minimum atomic E-state index is -1.68. The van der Waals surface area contributed by atoms with Crippen LogP contribution >= 0.6 is 7.12 Å². The third-order valence-electron chi connectivity index (χ3n) is 4.60. The standard InChI is InChI=1S/C25H21O4PS/c26-25-19-22(18-21(28-25)17-16-20-10-4-1-5-11-20)29-31(27)30(23-12-6-2-7-13-23)24-14-8-3-9-15-24/h1-15,18-19H,16-17H2. The first kappa shape index (κ1) is 21.2.